The average molecular weight is 453 g/mol. The third-order valence-electron chi connectivity index (χ3n) is 7.24. The molecule has 2 aliphatic heterocycles. The molecule has 2 saturated heterocycles. The minimum Gasteiger partial charge on any atom is -0.370 e. The van der Waals surface area contributed by atoms with Gasteiger partial charge in [-0.05, 0) is 50.7 Å². The van der Waals surface area contributed by atoms with E-state index in [1.807, 2.05) is 0 Å². The number of halogens is 3. The summed E-state index contributed by atoms with van der Waals surface area (Å²) in [5, 5.41) is 3.05. The standard InChI is InChI=1S/C24H31F3N2O3/c25-24(26,27)20-9-5-4-8-19(20)22(31)29-14-12-23(13-15-29)11-10-18(32-23)16-28-21(30)17-6-2-1-3-7-17/h4-5,8-9,17-18H,1-3,6-7,10-16H2,(H,28,30)/t18-/m1/s1. The number of carbonyl (C=O) groups excluding carboxylic acids is 2. The van der Waals surface area contributed by atoms with Crippen LogP contribution in [0.25, 0.3) is 0 Å². The molecule has 8 heteroatoms. The summed E-state index contributed by atoms with van der Waals surface area (Å²) in [6.07, 6.45) is 3.63. The largest absolute Gasteiger partial charge is 0.417 e. The molecule has 1 aromatic rings. The number of ether oxygens (including phenoxy) is 1. The van der Waals surface area contributed by atoms with E-state index < -0.39 is 17.6 Å². The van der Waals surface area contributed by atoms with Gasteiger partial charge in [0.2, 0.25) is 5.91 Å². The molecule has 1 N–H and O–H groups in total. The van der Waals surface area contributed by atoms with E-state index in [9.17, 15) is 22.8 Å². The van der Waals surface area contributed by atoms with Crippen LogP contribution in [-0.2, 0) is 15.7 Å². The van der Waals surface area contributed by atoms with Crippen molar-refractivity contribution in [3.8, 4) is 0 Å². The zero-order valence-electron chi connectivity index (χ0n) is 18.3. The van der Waals surface area contributed by atoms with Crippen LogP contribution < -0.4 is 5.32 Å². The normalized spacial score (nSPS) is 24.0. The van der Waals surface area contributed by atoms with Crippen LogP contribution in [-0.4, -0.2) is 48.1 Å². The lowest BCUT2D eigenvalue weighted by Crippen LogP contribution is -2.47. The van der Waals surface area contributed by atoms with Crippen molar-refractivity contribution in [2.75, 3.05) is 19.6 Å². The predicted molar refractivity (Wildman–Crippen MR) is 113 cm³/mol. The van der Waals surface area contributed by atoms with Crippen LogP contribution in [0.2, 0.25) is 0 Å². The minimum absolute atomic E-state index is 0.0456. The molecule has 32 heavy (non-hydrogen) atoms. The molecule has 1 saturated carbocycles. The summed E-state index contributed by atoms with van der Waals surface area (Å²) in [6, 6.07) is 4.95. The van der Waals surface area contributed by atoms with Gasteiger partial charge in [0.05, 0.1) is 22.8 Å². The quantitative estimate of drug-likeness (QED) is 0.729. The highest BCUT2D eigenvalue weighted by atomic mass is 19.4. The van der Waals surface area contributed by atoms with Crippen molar-refractivity contribution < 1.29 is 27.5 Å². The molecule has 4 rings (SSSR count). The van der Waals surface area contributed by atoms with Crippen LogP contribution in [0.4, 0.5) is 13.2 Å². The van der Waals surface area contributed by atoms with E-state index in [2.05, 4.69) is 5.32 Å². The SMILES string of the molecule is O=C(NC[C@H]1CCC2(CCN(C(=O)c3ccccc3C(F)(F)F)CC2)O1)C1CCCCC1. The number of nitrogens with one attached hydrogen (secondary N) is 1. The van der Waals surface area contributed by atoms with Gasteiger partial charge in [-0.2, -0.15) is 13.2 Å². The number of rotatable bonds is 4. The zero-order chi connectivity index (χ0) is 22.8. The first-order chi connectivity index (χ1) is 15.3. The van der Waals surface area contributed by atoms with E-state index >= 15 is 0 Å². The fourth-order valence-electron chi connectivity index (χ4n) is 5.34. The molecule has 3 aliphatic rings. The van der Waals surface area contributed by atoms with Gasteiger partial charge < -0.3 is 15.0 Å². The van der Waals surface area contributed by atoms with Gasteiger partial charge in [-0.25, -0.2) is 0 Å². The molecular weight excluding hydrogens is 421 g/mol. The molecule has 2 heterocycles. The van der Waals surface area contributed by atoms with Crippen molar-refractivity contribution in [1.82, 2.24) is 10.2 Å². The van der Waals surface area contributed by atoms with Gasteiger partial charge >= 0.3 is 6.18 Å². The molecule has 0 unspecified atom stereocenters. The molecule has 1 aromatic carbocycles. The molecule has 1 atom stereocenters. The van der Waals surface area contributed by atoms with Crippen molar-refractivity contribution in [3.63, 3.8) is 0 Å². The maximum absolute atomic E-state index is 13.3. The smallest absolute Gasteiger partial charge is 0.370 e. The van der Waals surface area contributed by atoms with Gasteiger partial charge in [0.15, 0.2) is 0 Å². The first-order valence-electron chi connectivity index (χ1n) is 11.7. The lowest BCUT2D eigenvalue weighted by Gasteiger charge is -2.39. The number of nitrogens with zero attached hydrogens (tertiary/aromatic N) is 1. The zero-order valence-corrected chi connectivity index (χ0v) is 18.3. The highest BCUT2D eigenvalue weighted by Gasteiger charge is 2.44. The van der Waals surface area contributed by atoms with Gasteiger partial charge in [-0.1, -0.05) is 31.4 Å². The van der Waals surface area contributed by atoms with E-state index in [-0.39, 0.29) is 29.1 Å². The molecule has 0 radical (unpaired) electrons. The number of hydrogen-bond donors (Lipinski definition) is 1. The van der Waals surface area contributed by atoms with Gasteiger partial charge in [-0.3, -0.25) is 9.59 Å². The Labute approximate surface area is 186 Å². The number of hydrogen-bond acceptors (Lipinski definition) is 3. The Morgan fingerprint density at radius 1 is 1.03 bits per heavy atom. The molecule has 2 amide bonds. The van der Waals surface area contributed by atoms with Gasteiger partial charge in [0.25, 0.3) is 5.91 Å². The maximum atomic E-state index is 13.3. The minimum atomic E-state index is -4.56. The Kier molecular flexibility index (Phi) is 6.79. The average Bonchev–Trinajstić information content (AvgIpc) is 3.20. The van der Waals surface area contributed by atoms with Gasteiger partial charge in [-0.15, -0.1) is 0 Å². The molecule has 5 nitrogen and oxygen atoms in total. The molecule has 0 bridgehead atoms. The van der Waals surface area contributed by atoms with E-state index in [0.717, 1.165) is 44.6 Å². The molecule has 3 fully saturated rings. The number of alkyl halides is 3. The fraction of sp³-hybridized carbons (Fsp3) is 0.667. The highest BCUT2D eigenvalue weighted by Crippen LogP contribution is 2.40. The van der Waals surface area contributed by atoms with Gasteiger partial charge in [0, 0.05) is 25.6 Å². The van der Waals surface area contributed by atoms with Crippen LogP contribution in [0.1, 0.15) is 73.7 Å². The molecule has 176 valence electrons. The summed E-state index contributed by atoms with van der Waals surface area (Å²) in [5.74, 6) is -0.340. The van der Waals surface area contributed by atoms with E-state index in [4.69, 9.17) is 4.74 Å². The Balaban J connectivity index is 1.28. The topological polar surface area (TPSA) is 58.6 Å². The molecule has 0 aromatic heterocycles. The monoisotopic (exact) mass is 452 g/mol. The van der Waals surface area contributed by atoms with Crippen LogP contribution in [0.15, 0.2) is 24.3 Å². The molecule has 1 spiro atoms. The van der Waals surface area contributed by atoms with Crippen molar-refractivity contribution in [3.05, 3.63) is 35.4 Å². The summed E-state index contributed by atoms with van der Waals surface area (Å²) in [7, 11) is 0. The second-order valence-electron chi connectivity index (χ2n) is 9.38. The second kappa shape index (κ2) is 9.41. The number of piperidine rings is 1. The summed E-state index contributed by atoms with van der Waals surface area (Å²) in [6.45, 7) is 1.23. The Morgan fingerprint density at radius 3 is 2.41 bits per heavy atom. The van der Waals surface area contributed by atoms with E-state index in [1.54, 1.807) is 0 Å². The van der Waals surface area contributed by atoms with Crippen LogP contribution in [0.5, 0.6) is 0 Å². The fourth-order valence-corrected chi connectivity index (χ4v) is 5.34. The summed E-state index contributed by atoms with van der Waals surface area (Å²) < 4.78 is 46.2. The van der Waals surface area contributed by atoms with E-state index in [0.29, 0.717) is 32.5 Å². The maximum Gasteiger partial charge on any atom is 0.417 e. The van der Waals surface area contributed by atoms with Crippen molar-refractivity contribution in [1.29, 1.82) is 0 Å². The first kappa shape index (κ1) is 23.1. The van der Waals surface area contributed by atoms with E-state index in [1.165, 1.54) is 29.5 Å². The third kappa shape index (κ3) is 5.11. The highest BCUT2D eigenvalue weighted by molar-refractivity contribution is 5.96. The van der Waals surface area contributed by atoms with Crippen molar-refractivity contribution in [2.24, 2.45) is 5.92 Å². The van der Waals surface area contributed by atoms with Crippen LogP contribution in [0.3, 0.4) is 0 Å². The lowest BCUT2D eigenvalue weighted by molar-refractivity contribution is -0.138. The van der Waals surface area contributed by atoms with Gasteiger partial charge in [0.1, 0.15) is 0 Å². The Bertz CT molecular complexity index is 828. The van der Waals surface area contributed by atoms with Crippen molar-refractivity contribution >= 4 is 11.8 Å². The number of benzene rings is 1. The molecular formula is C24H31F3N2O3. The summed E-state index contributed by atoms with van der Waals surface area (Å²) in [4.78, 5) is 26.7. The number of likely N-dealkylation sites (tertiary alicyclic amines) is 1. The lowest BCUT2D eigenvalue weighted by atomic mass is 9.88. The Morgan fingerprint density at radius 2 is 1.72 bits per heavy atom. The Hall–Kier alpha value is -2.09. The molecule has 1 aliphatic carbocycles. The summed E-state index contributed by atoms with van der Waals surface area (Å²) in [5.41, 5.74) is -1.54. The van der Waals surface area contributed by atoms with Crippen molar-refractivity contribution in [2.45, 2.75) is 75.7 Å². The van der Waals surface area contributed by atoms with Crippen LogP contribution >= 0.6 is 0 Å². The second-order valence-corrected chi connectivity index (χ2v) is 9.38. The first-order valence-corrected chi connectivity index (χ1v) is 11.7. The third-order valence-corrected chi connectivity index (χ3v) is 7.24. The van der Waals surface area contributed by atoms with Crippen LogP contribution in [0, 0.1) is 5.92 Å². The predicted octanol–water partition coefficient (Wildman–Crippen LogP) is 4.56. The summed E-state index contributed by atoms with van der Waals surface area (Å²) >= 11 is 0. The number of carbonyl (C=O) groups is 2. The number of amides is 2.